The molecule has 3 N–H and O–H groups in total. The van der Waals surface area contributed by atoms with E-state index in [9.17, 15) is 4.79 Å². The molecule has 0 radical (unpaired) electrons. The van der Waals surface area contributed by atoms with Crippen LogP contribution in [0.25, 0.3) is 0 Å². The Morgan fingerprint density at radius 3 is 2.95 bits per heavy atom. The van der Waals surface area contributed by atoms with Crippen molar-refractivity contribution in [2.24, 2.45) is 11.7 Å². The fraction of sp³-hybridized carbons (Fsp3) is 0.562. The standard InChI is InChI=1S/C16H25N3O/c1-3-13-5-4-6-15(8-13)18-16(20)11-19-9-12(2)7-14(17)10-19/h4-6,8,12,14H,3,7,9-11,17H2,1-2H3,(H,18,20). The van der Waals surface area contributed by atoms with Crippen LogP contribution in [0.4, 0.5) is 5.69 Å². The van der Waals surface area contributed by atoms with E-state index in [-0.39, 0.29) is 11.9 Å². The fourth-order valence-electron chi connectivity index (χ4n) is 2.91. The number of rotatable bonds is 4. The van der Waals surface area contributed by atoms with Gasteiger partial charge in [-0.25, -0.2) is 0 Å². The van der Waals surface area contributed by atoms with Crippen LogP contribution >= 0.6 is 0 Å². The van der Waals surface area contributed by atoms with Gasteiger partial charge in [0.1, 0.15) is 0 Å². The molecule has 2 rings (SSSR count). The number of likely N-dealkylation sites (tertiary alicyclic amines) is 1. The van der Waals surface area contributed by atoms with Crippen LogP contribution in [-0.4, -0.2) is 36.5 Å². The Morgan fingerprint density at radius 1 is 1.45 bits per heavy atom. The zero-order valence-electron chi connectivity index (χ0n) is 12.4. The summed E-state index contributed by atoms with van der Waals surface area (Å²) in [5, 5.41) is 2.97. The lowest BCUT2D eigenvalue weighted by atomic mass is 9.97. The normalized spacial score (nSPS) is 23.6. The molecule has 2 atom stereocenters. The molecule has 1 amide bonds. The predicted octanol–water partition coefficient (Wildman–Crippen LogP) is 1.86. The zero-order chi connectivity index (χ0) is 14.5. The van der Waals surface area contributed by atoms with E-state index < -0.39 is 0 Å². The molecule has 0 saturated carbocycles. The topological polar surface area (TPSA) is 58.4 Å². The molecule has 4 nitrogen and oxygen atoms in total. The monoisotopic (exact) mass is 275 g/mol. The molecular formula is C16H25N3O. The first-order chi connectivity index (χ1) is 9.56. The zero-order valence-corrected chi connectivity index (χ0v) is 12.4. The van der Waals surface area contributed by atoms with E-state index in [1.807, 2.05) is 18.2 Å². The first kappa shape index (κ1) is 15.0. The van der Waals surface area contributed by atoms with Gasteiger partial charge in [-0.05, 0) is 36.5 Å². The average molecular weight is 275 g/mol. The van der Waals surface area contributed by atoms with Crippen molar-refractivity contribution in [1.82, 2.24) is 4.90 Å². The summed E-state index contributed by atoms with van der Waals surface area (Å²) >= 11 is 0. The molecule has 1 aliphatic rings. The molecule has 20 heavy (non-hydrogen) atoms. The smallest absolute Gasteiger partial charge is 0.238 e. The second-order valence-corrected chi connectivity index (χ2v) is 5.90. The van der Waals surface area contributed by atoms with Crippen molar-refractivity contribution in [2.75, 3.05) is 25.0 Å². The highest BCUT2D eigenvalue weighted by Gasteiger charge is 2.23. The number of anilines is 1. The molecule has 0 aromatic heterocycles. The summed E-state index contributed by atoms with van der Waals surface area (Å²) in [6, 6.07) is 8.20. The van der Waals surface area contributed by atoms with Crippen LogP contribution in [0, 0.1) is 5.92 Å². The lowest BCUT2D eigenvalue weighted by molar-refractivity contribution is -0.117. The second kappa shape index (κ2) is 6.86. The average Bonchev–Trinajstić information content (AvgIpc) is 2.37. The van der Waals surface area contributed by atoms with Gasteiger partial charge < -0.3 is 11.1 Å². The molecule has 4 heteroatoms. The van der Waals surface area contributed by atoms with Crippen molar-refractivity contribution in [3.8, 4) is 0 Å². The number of carbonyl (C=O) groups excluding carboxylic acids is 1. The Hall–Kier alpha value is -1.39. The lowest BCUT2D eigenvalue weighted by Gasteiger charge is -2.34. The highest BCUT2D eigenvalue weighted by atomic mass is 16.2. The quantitative estimate of drug-likeness (QED) is 0.882. The summed E-state index contributed by atoms with van der Waals surface area (Å²) < 4.78 is 0. The van der Waals surface area contributed by atoms with Crippen LogP contribution in [-0.2, 0) is 11.2 Å². The van der Waals surface area contributed by atoms with Gasteiger partial charge in [-0.3, -0.25) is 9.69 Å². The maximum atomic E-state index is 12.1. The van der Waals surface area contributed by atoms with Crippen LogP contribution in [0.15, 0.2) is 24.3 Å². The molecular weight excluding hydrogens is 250 g/mol. The molecule has 110 valence electrons. The SMILES string of the molecule is CCc1cccc(NC(=O)CN2CC(C)CC(N)C2)c1. The molecule has 1 saturated heterocycles. The summed E-state index contributed by atoms with van der Waals surface area (Å²) in [4.78, 5) is 14.3. The van der Waals surface area contributed by atoms with E-state index in [4.69, 9.17) is 5.73 Å². The summed E-state index contributed by atoms with van der Waals surface area (Å²) in [5.74, 6) is 0.606. The van der Waals surface area contributed by atoms with Gasteiger partial charge >= 0.3 is 0 Å². The van der Waals surface area contributed by atoms with Crippen LogP contribution < -0.4 is 11.1 Å². The third kappa shape index (κ3) is 4.32. The molecule has 1 aromatic rings. The van der Waals surface area contributed by atoms with E-state index in [0.717, 1.165) is 31.6 Å². The van der Waals surface area contributed by atoms with Crippen LogP contribution in [0.5, 0.6) is 0 Å². The number of nitrogens with one attached hydrogen (secondary N) is 1. The Balaban J connectivity index is 1.88. The van der Waals surface area contributed by atoms with E-state index >= 15 is 0 Å². The number of amides is 1. The maximum absolute atomic E-state index is 12.1. The van der Waals surface area contributed by atoms with E-state index in [1.165, 1.54) is 5.56 Å². The third-order valence-corrected chi connectivity index (χ3v) is 3.75. The Kier molecular flexibility index (Phi) is 5.15. The van der Waals surface area contributed by atoms with E-state index in [0.29, 0.717) is 12.5 Å². The van der Waals surface area contributed by atoms with Crippen molar-refractivity contribution < 1.29 is 4.79 Å². The van der Waals surface area contributed by atoms with Crippen LogP contribution in [0.2, 0.25) is 0 Å². The highest BCUT2D eigenvalue weighted by molar-refractivity contribution is 5.92. The number of nitrogens with two attached hydrogens (primary N) is 1. The number of carbonyl (C=O) groups is 1. The van der Waals surface area contributed by atoms with Crippen molar-refractivity contribution in [3.05, 3.63) is 29.8 Å². The van der Waals surface area contributed by atoms with Gasteiger partial charge in [-0.2, -0.15) is 0 Å². The van der Waals surface area contributed by atoms with Crippen molar-refractivity contribution in [2.45, 2.75) is 32.7 Å². The minimum absolute atomic E-state index is 0.0413. The number of hydrogen-bond acceptors (Lipinski definition) is 3. The Morgan fingerprint density at radius 2 is 2.25 bits per heavy atom. The summed E-state index contributed by atoms with van der Waals surface area (Å²) in [7, 11) is 0. The molecule has 0 spiro atoms. The molecule has 1 aliphatic heterocycles. The fourth-order valence-corrected chi connectivity index (χ4v) is 2.91. The van der Waals surface area contributed by atoms with Gasteiger partial charge in [0.2, 0.25) is 5.91 Å². The molecule has 0 bridgehead atoms. The molecule has 1 heterocycles. The molecule has 1 fully saturated rings. The largest absolute Gasteiger partial charge is 0.327 e. The van der Waals surface area contributed by atoms with Crippen molar-refractivity contribution >= 4 is 11.6 Å². The van der Waals surface area contributed by atoms with Gasteiger partial charge in [0.05, 0.1) is 6.54 Å². The third-order valence-electron chi connectivity index (χ3n) is 3.75. The lowest BCUT2D eigenvalue weighted by Crippen LogP contribution is -2.48. The molecule has 2 unspecified atom stereocenters. The van der Waals surface area contributed by atoms with Gasteiger partial charge in [0, 0.05) is 24.8 Å². The van der Waals surface area contributed by atoms with Crippen LogP contribution in [0.1, 0.15) is 25.8 Å². The first-order valence-electron chi connectivity index (χ1n) is 7.43. The summed E-state index contributed by atoms with van der Waals surface area (Å²) in [6.07, 6.45) is 2.03. The number of piperidine rings is 1. The van der Waals surface area contributed by atoms with Crippen molar-refractivity contribution in [1.29, 1.82) is 0 Å². The number of benzene rings is 1. The maximum Gasteiger partial charge on any atom is 0.238 e. The summed E-state index contributed by atoms with van der Waals surface area (Å²) in [5.41, 5.74) is 8.12. The van der Waals surface area contributed by atoms with Crippen LogP contribution in [0.3, 0.4) is 0 Å². The summed E-state index contributed by atoms with van der Waals surface area (Å²) in [6.45, 7) is 6.49. The number of aryl methyl sites for hydroxylation is 1. The second-order valence-electron chi connectivity index (χ2n) is 5.90. The van der Waals surface area contributed by atoms with E-state index in [1.54, 1.807) is 0 Å². The minimum Gasteiger partial charge on any atom is -0.327 e. The number of nitrogens with zero attached hydrogens (tertiary/aromatic N) is 1. The van der Waals surface area contributed by atoms with Gasteiger partial charge in [-0.1, -0.05) is 26.0 Å². The minimum atomic E-state index is 0.0413. The number of hydrogen-bond donors (Lipinski definition) is 2. The first-order valence-corrected chi connectivity index (χ1v) is 7.43. The Labute approximate surface area is 121 Å². The van der Waals surface area contributed by atoms with Gasteiger partial charge in [0.15, 0.2) is 0 Å². The predicted molar refractivity (Wildman–Crippen MR) is 82.6 cm³/mol. The Bertz CT molecular complexity index is 451. The van der Waals surface area contributed by atoms with Gasteiger partial charge in [-0.15, -0.1) is 0 Å². The van der Waals surface area contributed by atoms with Crippen molar-refractivity contribution in [3.63, 3.8) is 0 Å². The molecule has 0 aliphatic carbocycles. The van der Waals surface area contributed by atoms with E-state index in [2.05, 4.69) is 30.1 Å². The van der Waals surface area contributed by atoms with Gasteiger partial charge in [0.25, 0.3) is 0 Å². The highest BCUT2D eigenvalue weighted by Crippen LogP contribution is 2.15. The molecule has 1 aromatic carbocycles.